The van der Waals surface area contributed by atoms with Gasteiger partial charge in [0.05, 0.1) is 18.7 Å². The lowest BCUT2D eigenvalue weighted by Gasteiger charge is -2.32. The van der Waals surface area contributed by atoms with E-state index < -0.39 is 72.4 Å². The maximum atomic E-state index is 14.0. The molecule has 0 heterocycles. The fraction of sp³-hybridized carbons (Fsp3) is 0.500. The van der Waals surface area contributed by atoms with E-state index in [2.05, 4.69) is 26.6 Å². The van der Waals surface area contributed by atoms with Crippen LogP contribution in [0.1, 0.15) is 43.7 Å². The summed E-state index contributed by atoms with van der Waals surface area (Å²) in [5, 5.41) is 33.0. The van der Waals surface area contributed by atoms with Crippen LogP contribution >= 0.6 is 0 Å². The molecule has 0 spiro atoms. The molecule has 286 valence electrons. The molecule has 2 aromatic rings. The SMILES string of the molecule is CNC(C(=O)NC(Cc1ccccc1)C(=O)N(C)C(CCN)C(=O)NC(Cc1ccc(O)cc1)C(=O)NCC(=O)NC(C=O)CCCCN)C(C)O. The first-order chi connectivity index (χ1) is 24.8. The largest absolute Gasteiger partial charge is 0.508 e. The molecule has 0 bridgehead atoms. The van der Waals surface area contributed by atoms with Crippen molar-refractivity contribution in [1.82, 2.24) is 31.5 Å². The van der Waals surface area contributed by atoms with Gasteiger partial charge in [-0.1, -0.05) is 42.5 Å². The summed E-state index contributed by atoms with van der Waals surface area (Å²) < 4.78 is 0. The average molecular weight is 727 g/mol. The van der Waals surface area contributed by atoms with Crippen LogP contribution in [0.3, 0.4) is 0 Å². The maximum absolute atomic E-state index is 14.0. The summed E-state index contributed by atoms with van der Waals surface area (Å²) in [6.07, 6.45) is 1.29. The van der Waals surface area contributed by atoms with Crippen molar-refractivity contribution in [1.29, 1.82) is 0 Å². The number of aliphatic hydroxyl groups excluding tert-OH is 1. The first-order valence-corrected chi connectivity index (χ1v) is 17.3. The molecule has 0 aliphatic carbocycles. The van der Waals surface area contributed by atoms with Gasteiger partial charge >= 0.3 is 0 Å². The van der Waals surface area contributed by atoms with E-state index in [-0.39, 0.29) is 31.6 Å². The van der Waals surface area contributed by atoms with E-state index in [0.29, 0.717) is 37.7 Å². The van der Waals surface area contributed by atoms with Crippen molar-refractivity contribution in [2.75, 3.05) is 33.7 Å². The molecule has 0 fully saturated rings. The highest BCUT2D eigenvalue weighted by Gasteiger charge is 2.35. The van der Waals surface area contributed by atoms with E-state index in [1.54, 1.807) is 42.5 Å². The Morgan fingerprint density at radius 3 is 2.00 bits per heavy atom. The van der Waals surface area contributed by atoms with Gasteiger partial charge in [-0.2, -0.15) is 0 Å². The Balaban J connectivity index is 2.30. The van der Waals surface area contributed by atoms with Crippen LogP contribution in [0.15, 0.2) is 54.6 Å². The van der Waals surface area contributed by atoms with E-state index in [1.165, 1.54) is 38.1 Å². The molecule has 11 N–H and O–H groups in total. The van der Waals surface area contributed by atoms with Gasteiger partial charge < -0.3 is 58.0 Å². The zero-order valence-electron chi connectivity index (χ0n) is 30.0. The van der Waals surface area contributed by atoms with Gasteiger partial charge in [-0.05, 0) is 76.0 Å². The third-order valence-electron chi connectivity index (χ3n) is 8.44. The number of likely N-dealkylation sites (N-methyl/N-ethyl adjacent to an activating group) is 2. The van der Waals surface area contributed by atoms with E-state index in [4.69, 9.17) is 11.5 Å². The number of aldehydes is 1. The van der Waals surface area contributed by atoms with E-state index in [1.807, 2.05) is 0 Å². The molecule has 6 atom stereocenters. The molecule has 2 rings (SSSR count). The predicted octanol–water partition coefficient (Wildman–Crippen LogP) is -1.78. The monoisotopic (exact) mass is 726 g/mol. The maximum Gasteiger partial charge on any atom is 0.245 e. The number of phenolic OH excluding ortho intramolecular Hbond substituents is 1. The summed E-state index contributed by atoms with van der Waals surface area (Å²) in [4.78, 5) is 79.7. The molecular weight excluding hydrogens is 672 g/mol. The van der Waals surface area contributed by atoms with Crippen LogP contribution in [-0.2, 0) is 41.6 Å². The van der Waals surface area contributed by atoms with Gasteiger partial charge in [-0.25, -0.2) is 0 Å². The first-order valence-electron chi connectivity index (χ1n) is 17.3. The number of benzene rings is 2. The van der Waals surface area contributed by atoms with Crippen molar-refractivity contribution < 1.29 is 39.0 Å². The normalized spacial score (nSPS) is 14.4. The number of nitrogens with one attached hydrogen (secondary N) is 5. The van der Waals surface area contributed by atoms with Crippen molar-refractivity contribution in [3.8, 4) is 5.75 Å². The molecule has 52 heavy (non-hydrogen) atoms. The minimum Gasteiger partial charge on any atom is -0.508 e. The van der Waals surface area contributed by atoms with Crippen LogP contribution in [0.25, 0.3) is 0 Å². The number of nitrogens with zero attached hydrogens (tertiary/aromatic N) is 1. The number of carbonyl (C=O) groups is 6. The Hall–Kier alpha value is -4.90. The number of aromatic hydroxyl groups is 1. The zero-order chi connectivity index (χ0) is 38.6. The van der Waals surface area contributed by atoms with E-state index in [9.17, 15) is 39.0 Å². The summed E-state index contributed by atoms with van der Waals surface area (Å²) in [6, 6.07) is 9.62. The molecule has 5 amide bonds. The van der Waals surface area contributed by atoms with Crippen LogP contribution < -0.4 is 38.1 Å². The number of phenols is 1. The van der Waals surface area contributed by atoms with Gasteiger partial charge in [0.15, 0.2) is 0 Å². The minimum atomic E-state index is -1.23. The second kappa shape index (κ2) is 22.8. The topological polar surface area (TPSA) is 258 Å². The highest BCUT2D eigenvalue weighted by molar-refractivity contribution is 5.95. The van der Waals surface area contributed by atoms with Crippen LogP contribution in [0, 0.1) is 0 Å². The van der Waals surface area contributed by atoms with Crippen molar-refractivity contribution in [3.63, 3.8) is 0 Å². The quantitative estimate of drug-likeness (QED) is 0.0457. The molecule has 0 saturated heterocycles. The fourth-order valence-corrected chi connectivity index (χ4v) is 5.54. The highest BCUT2D eigenvalue weighted by Crippen LogP contribution is 2.14. The minimum absolute atomic E-state index is 0.0000850. The second-order valence-corrected chi connectivity index (χ2v) is 12.5. The average Bonchev–Trinajstić information content (AvgIpc) is 3.12. The number of rotatable bonds is 23. The number of amides is 5. The summed E-state index contributed by atoms with van der Waals surface area (Å²) in [5.74, 6) is -3.28. The molecule has 0 aliphatic heterocycles. The van der Waals surface area contributed by atoms with Crippen LogP contribution in [-0.4, -0.2) is 121 Å². The van der Waals surface area contributed by atoms with E-state index >= 15 is 0 Å². The Morgan fingerprint density at radius 2 is 1.42 bits per heavy atom. The molecule has 0 aliphatic rings. The molecule has 2 aromatic carbocycles. The predicted molar refractivity (Wildman–Crippen MR) is 194 cm³/mol. The Labute approximate surface area is 304 Å². The number of aliphatic hydroxyl groups is 1. The van der Waals surface area contributed by atoms with Crippen LogP contribution in [0.2, 0.25) is 0 Å². The van der Waals surface area contributed by atoms with Gasteiger partial charge in [0.2, 0.25) is 29.5 Å². The Morgan fingerprint density at radius 1 is 0.808 bits per heavy atom. The van der Waals surface area contributed by atoms with Crippen LogP contribution in [0.4, 0.5) is 0 Å². The summed E-state index contributed by atoms with van der Waals surface area (Å²) >= 11 is 0. The second-order valence-electron chi connectivity index (χ2n) is 12.5. The first kappa shape index (κ1) is 43.3. The number of carbonyl (C=O) groups excluding carboxylic acids is 6. The van der Waals surface area contributed by atoms with Crippen molar-refractivity contribution in [2.45, 2.75) is 81.8 Å². The number of hydrogen-bond acceptors (Lipinski definition) is 11. The lowest BCUT2D eigenvalue weighted by atomic mass is 10.0. The third kappa shape index (κ3) is 14.4. The number of unbranched alkanes of at least 4 members (excludes halogenated alkanes) is 1. The molecular formula is C36H54N8O8. The lowest BCUT2D eigenvalue weighted by Crippen LogP contribution is -2.60. The van der Waals surface area contributed by atoms with E-state index in [0.717, 1.165) is 5.56 Å². The molecule has 16 heteroatoms. The summed E-state index contributed by atoms with van der Waals surface area (Å²) in [7, 11) is 2.90. The lowest BCUT2D eigenvalue weighted by molar-refractivity contribution is -0.143. The Bertz CT molecular complexity index is 1440. The third-order valence-corrected chi connectivity index (χ3v) is 8.44. The number of hydrogen-bond donors (Lipinski definition) is 9. The number of nitrogens with two attached hydrogens (primary N) is 2. The zero-order valence-corrected chi connectivity index (χ0v) is 30.0. The van der Waals surface area contributed by atoms with Crippen molar-refractivity contribution >= 4 is 35.8 Å². The Kier molecular flexibility index (Phi) is 19.0. The molecule has 0 saturated carbocycles. The fourth-order valence-electron chi connectivity index (χ4n) is 5.54. The van der Waals surface area contributed by atoms with Gasteiger partial charge in [-0.15, -0.1) is 0 Å². The van der Waals surface area contributed by atoms with Gasteiger partial charge in [-0.3, -0.25) is 24.0 Å². The van der Waals surface area contributed by atoms with Gasteiger partial charge in [0.25, 0.3) is 0 Å². The van der Waals surface area contributed by atoms with Crippen molar-refractivity contribution in [2.24, 2.45) is 11.5 Å². The standard InChI is InChI=1S/C36H54N8O8/c1-23(46)32(39-2)35(51)43-29(20-24-9-5-4-6-10-24)36(52)44(3)30(16-18-38)34(50)42-28(19-25-12-14-27(47)15-13-25)33(49)40-21-31(48)41-26(22-45)11-7-8-17-37/h4-6,9-10,12-15,22-23,26,28-30,32,39,46-47H,7-8,11,16-21,37-38H2,1-3H3,(H,40,49)(H,41,48)(H,42,50)(H,43,51). The molecule has 0 radical (unpaired) electrons. The summed E-state index contributed by atoms with van der Waals surface area (Å²) in [6.45, 7) is 1.40. The molecule has 0 aromatic heterocycles. The smallest absolute Gasteiger partial charge is 0.245 e. The highest BCUT2D eigenvalue weighted by atomic mass is 16.3. The molecule has 16 nitrogen and oxygen atoms in total. The van der Waals surface area contributed by atoms with Crippen molar-refractivity contribution in [3.05, 3.63) is 65.7 Å². The summed E-state index contributed by atoms with van der Waals surface area (Å²) in [5.41, 5.74) is 12.7. The van der Waals surface area contributed by atoms with Crippen LogP contribution in [0.5, 0.6) is 5.75 Å². The van der Waals surface area contributed by atoms with Gasteiger partial charge in [0, 0.05) is 19.9 Å². The molecule has 6 unspecified atom stereocenters. The van der Waals surface area contributed by atoms with Gasteiger partial charge in [0.1, 0.15) is 36.2 Å².